The number of carbonyl (C=O) groups excluding carboxylic acids is 1. The van der Waals surface area contributed by atoms with Crippen molar-refractivity contribution in [2.24, 2.45) is 23.5 Å². The zero-order valence-corrected chi connectivity index (χ0v) is 11.6. The fourth-order valence-corrected chi connectivity index (χ4v) is 2.45. The molecule has 1 rings (SSSR count). The molecule has 1 aliphatic carbocycles. The third-order valence-electron chi connectivity index (χ3n) is 3.36. The first kappa shape index (κ1) is 15.7. The van der Waals surface area contributed by atoms with E-state index in [4.69, 9.17) is 10.8 Å². The molecule has 0 saturated carbocycles. The van der Waals surface area contributed by atoms with Crippen LogP contribution in [0.1, 0.15) is 33.1 Å². The molecule has 5 nitrogen and oxygen atoms in total. The first-order chi connectivity index (χ1) is 8.92. The van der Waals surface area contributed by atoms with Gasteiger partial charge in [-0.15, -0.1) is 0 Å². The van der Waals surface area contributed by atoms with E-state index in [0.717, 1.165) is 6.42 Å². The minimum Gasteiger partial charge on any atom is -0.481 e. The Hall–Kier alpha value is -1.36. The van der Waals surface area contributed by atoms with E-state index in [-0.39, 0.29) is 17.9 Å². The molecule has 5 heteroatoms. The van der Waals surface area contributed by atoms with Crippen LogP contribution in [0.4, 0.5) is 0 Å². The normalized spacial score (nSPS) is 23.6. The van der Waals surface area contributed by atoms with E-state index in [0.29, 0.717) is 25.3 Å². The van der Waals surface area contributed by atoms with Gasteiger partial charge in [-0.2, -0.15) is 0 Å². The molecule has 19 heavy (non-hydrogen) atoms. The maximum absolute atomic E-state index is 11.9. The monoisotopic (exact) mass is 268 g/mol. The molecule has 108 valence electrons. The third kappa shape index (κ3) is 5.42. The molecule has 0 aliphatic heterocycles. The van der Waals surface area contributed by atoms with Crippen LogP contribution in [0, 0.1) is 17.8 Å². The van der Waals surface area contributed by atoms with Gasteiger partial charge in [0, 0.05) is 12.5 Å². The third-order valence-corrected chi connectivity index (χ3v) is 3.36. The summed E-state index contributed by atoms with van der Waals surface area (Å²) in [5.74, 6) is -0.652. The minimum absolute atomic E-state index is 0.0446. The van der Waals surface area contributed by atoms with E-state index in [9.17, 15) is 9.59 Å². The van der Waals surface area contributed by atoms with Crippen LogP contribution in [-0.2, 0) is 9.59 Å². The highest BCUT2D eigenvalue weighted by Crippen LogP contribution is 2.19. The predicted octanol–water partition coefficient (Wildman–Crippen LogP) is 1.14. The second-order valence-electron chi connectivity index (χ2n) is 5.67. The van der Waals surface area contributed by atoms with Gasteiger partial charge >= 0.3 is 5.97 Å². The van der Waals surface area contributed by atoms with Crippen molar-refractivity contribution in [3.8, 4) is 0 Å². The van der Waals surface area contributed by atoms with Crippen LogP contribution in [0.2, 0.25) is 0 Å². The number of rotatable bonds is 7. The first-order valence-corrected chi connectivity index (χ1v) is 6.83. The van der Waals surface area contributed by atoms with Crippen molar-refractivity contribution in [3.05, 3.63) is 12.2 Å². The highest BCUT2D eigenvalue weighted by molar-refractivity contribution is 5.78. The molecule has 0 aromatic carbocycles. The van der Waals surface area contributed by atoms with E-state index in [1.54, 1.807) is 12.2 Å². The molecule has 0 saturated heterocycles. The molecule has 0 heterocycles. The second kappa shape index (κ2) is 7.28. The Labute approximate surface area is 114 Å². The van der Waals surface area contributed by atoms with Gasteiger partial charge in [-0.25, -0.2) is 0 Å². The van der Waals surface area contributed by atoms with Gasteiger partial charge in [0.25, 0.3) is 0 Å². The number of hydrogen-bond acceptors (Lipinski definition) is 3. The maximum Gasteiger partial charge on any atom is 0.310 e. The summed E-state index contributed by atoms with van der Waals surface area (Å²) in [5.41, 5.74) is 5.67. The fourth-order valence-electron chi connectivity index (χ4n) is 2.45. The smallest absolute Gasteiger partial charge is 0.310 e. The molecular formula is C14H24N2O3. The summed E-state index contributed by atoms with van der Waals surface area (Å²) in [6.07, 6.45) is 5.19. The van der Waals surface area contributed by atoms with Gasteiger partial charge in [-0.1, -0.05) is 26.0 Å². The molecular weight excluding hydrogens is 244 g/mol. The van der Waals surface area contributed by atoms with Crippen molar-refractivity contribution in [1.29, 1.82) is 0 Å². The Morgan fingerprint density at radius 1 is 1.42 bits per heavy atom. The van der Waals surface area contributed by atoms with E-state index in [2.05, 4.69) is 19.2 Å². The number of hydrogen-bond donors (Lipinski definition) is 3. The molecule has 0 radical (unpaired) electrons. The number of nitrogens with one attached hydrogen (secondary N) is 1. The molecule has 0 spiro atoms. The first-order valence-electron chi connectivity index (χ1n) is 6.83. The van der Waals surface area contributed by atoms with Crippen LogP contribution < -0.4 is 11.1 Å². The Balaban J connectivity index is 2.36. The number of amides is 1. The number of carboxylic acids is 1. The lowest BCUT2D eigenvalue weighted by atomic mass is 9.94. The second-order valence-corrected chi connectivity index (χ2v) is 5.67. The minimum atomic E-state index is -0.840. The topological polar surface area (TPSA) is 92.4 Å². The number of aliphatic carboxylic acids is 1. The molecule has 1 amide bonds. The van der Waals surface area contributed by atoms with Gasteiger partial charge in [0.15, 0.2) is 0 Å². The van der Waals surface area contributed by atoms with Crippen molar-refractivity contribution in [2.75, 3.05) is 6.54 Å². The van der Waals surface area contributed by atoms with Crippen LogP contribution >= 0.6 is 0 Å². The average molecular weight is 268 g/mol. The van der Waals surface area contributed by atoms with Gasteiger partial charge in [0.05, 0.1) is 5.92 Å². The number of nitrogens with two attached hydrogens (primary N) is 1. The van der Waals surface area contributed by atoms with Crippen LogP contribution in [0.5, 0.6) is 0 Å². The van der Waals surface area contributed by atoms with Crippen molar-refractivity contribution >= 4 is 11.9 Å². The summed E-state index contributed by atoms with van der Waals surface area (Å²) < 4.78 is 0. The van der Waals surface area contributed by atoms with E-state index >= 15 is 0 Å². The number of carboxylic acid groups (broad SMARTS) is 1. The molecule has 0 bridgehead atoms. The molecule has 3 unspecified atom stereocenters. The predicted molar refractivity (Wildman–Crippen MR) is 73.4 cm³/mol. The standard InChI is InChI=1S/C14H24N2O3/c1-9(2)5-10(8-15)6-13(17)16-12-4-3-11(7-12)14(18)19/h3-4,9-12H,5-8,15H2,1-2H3,(H,16,17)(H,18,19). The SMILES string of the molecule is CC(C)CC(CN)CC(=O)NC1C=CC(C(=O)O)C1. The lowest BCUT2D eigenvalue weighted by molar-refractivity contribution is -0.140. The summed E-state index contributed by atoms with van der Waals surface area (Å²) in [5, 5.41) is 11.7. The molecule has 0 aromatic rings. The van der Waals surface area contributed by atoms with Crippen LogP contribution in [0.25, 0.3) is 0 Å². The van der Waals surface area contributed by atoms with Crippen LogP contribution in [-0.4, -0.2) is 29.6 Å². The van der Waals surface area contributed by atoms with E-state index in [1.165, 1.54) is 0 Å². The number of carbonyl (C=O) groups is 2. The van der Waals surface area contributed by atoms with Gasteiger partial charge < -0.3 is 16.2 Å². The summed E-state index contributed by atoms with van der Waals surface area (Å²) >= 11 is 0. The molecule has 3 atom stereocenters. The molecule has 0 fully saturated rings. The van der Waals surface area contributed by atoms with Gasteiger partial charge in [-0.05, 0) is 31.2 Å². The van der Waals surface area contributed by atoms with Gasteiger partial charge in [0.1, 0.15) is 0 Å². The van der Waals surface area contributed by atoms with Crippen molar-refractivity contribution in [3.63, 3.8) is 0 Å². The maximum atomic E-state index is 11.9. The lowest BCUT2D eigenvalue weighted by Crippen LogP contribution is -2.35. The highest BCUT2D eigenvalue weighted by atomic mass is 16.4. The molecule has 0 aromatic heterocycles. The summed E-state index contributed by atoms with van der Waals surface area (Å²) in [6.45, 7) is 4.72. The molecule has 1 aliphatic rings. The van der Waals surface area contributed by atoms with Crippen LogP contribution in [0.3, 0.4) is 0 Å². The summed E-state index contributed by atoms with van der Waals surface area (Å²) in [4.78, 5) is 22.7. The average Bonchev–Trinajstić information content (AvgIpc) is 2.75. The Bertz CT molecular complexity index is 353. The fraction of sp³-hybridized carbons (Fsp3) is 0.714. The molecule has 4 N–H and O–H groups in total. The Morgan fingerprint density at radius 3 is 2.58 bits per heavy atom. The zero-order chi connectivity index (χ0) is 14.4. The van der Waals surface area contributed by atoms with Crippen LogP contribution in [0.15, 0.2) is 12.2 Å². The summed E-state index contributed by atoms with van der Waals surface area (Å²) in [6, 6.07) is -0.161. The van der Waals surface area contributed by atoms with E-state index < -0.39 is 11.9 Å². The summed E-state index contributed by atoms with van der Waals surface area (Å²) in [7, 11) is 0. The van der Waals surface area contributed by atoms with Crippen molar-refractivity contribution in [1.82, 2.24) is 5.32 Å². The van der Waals surface area contributed by atoms with Crippen molar-refractivity contribution in [2.45, 2.75) is 39.2 Å². The van der Waals surface area contributed by atoms with Gasteiger partial charge in [0.2, 0.25) is 5.91 Å². The lowest BCUT2D eigenvalue weighted by Gasteiger charge is -2.18. The van der Waals surface area contributed by atoms with E-state index in [1.807, 2.05) is 0 Å². The largest absolute Gasteiger partial charge is 0.481 e. The van der Waals surface area contributed by atoms with Crippen molar-refractivity contribution < 1.29 is 14.7 Å². The quantitative estimate of drug-likeness (QED) is 0.604. The van der Waals surface area contributed by atoms with Gasteiger partial charge in [-0.3, -0.25) is 9.59 Å². The zero-order valence-electron chi connectivity index (χ0n) is 11.6. The Kier molecular flexibility index (Phi) is 6.02. The Morgan fingerprint density at radius 2 is 2.11 bits per heavy atom. The highest BCUT2D eigenvalue weighted by Gasteiger charge is 2.25.